The van der Waals surface area contributed by atoms with Gasteiger partial charge in [0.1, 0.15) is 13.2 Å². The molecule has 0 fully saturated rings. The summed E-state index contributed by atoms with van der Waals surface area (Å²) in [5.74, 6) is 1.73. The largest absolute Gasteiger partial charge is 0.486 e. The molecule has 0 saturated carbocycles. The minimum absolute atomic E-state index is 0.184. The average molecular weight is 268 g/mol. The van der Waals surface area contributed by atoms with Crippen molar-refractivity contribution in [2.24, 2.45) is 0 Å². The number of nitrogens with zero attached hydrogens (tertiary/aromatic N) is 1. The molecule has 1 aromatic carbocycles. The van der Waals surface area contributed by atoms with Crippen molar-refractivity contribution in [3.05, 3.63) is 53.3 Å². The predicted molar refractivity (Wildman–Crippen MR) is 75.2 cm³/mol. The summed E-state index contributed by atoms with van der Waals surface area (Å²) in [6, 6.07) is 8.52. The van der Waals surface area contributed by atoms with Gasteiger partial charge in [-0.3, -0.25) is 4.98 Å². The molecule has 1 N–H and O–H groups in total. The van der Waals surface area contributed by atoms with E-state index in [2.05, 4.69) is 28.5 Å². The van der Waals surface area contributed by atoms with Crippen LogP contribution in [0.3, 0.4) is 0 Å². The van der Waals surface area contributed by atoms with Crippen LogP contribution < -0.4 is 14.8 Å². The maximum Gasteiger partial charge on any atom is 0.161 e. The molecule has 0 amide bonds. The van der Waals surface area contributed by atoms with E-state index >= 15 is 0 Å². The fourth-order valence-electron chi connectivity index (χ4n) is 2.94. The summed E-state index contributed by atoms with van der Waals surface area (Å²) < 4.78 is 11.4. The Kier molecular flexibility index (Phi) is 2.81. The molecule has 4 nitrogen and oxygen atoms in total. The zero-order valence-corrected chi connectivity index (χ0v) is 11.1. The molecule has 2 aliphatic heterocycles. The van der Waals surface area contributed by atoms with Gasteiger partial charge in [0.15, 0.2) is 11.5 Å². The zero-order valence-electron chi connectivity index (χ0n) is 11.1. The van der Waals surface area contributed by atoms with Gasteiger partial charge in [-0.05, 0) is 41.3 Å². The van der Waals surface area contributed by atoms with Crippen LogP contribution in [0, 0.1) is 0 Å². The van der Waals surface area contributed by atoms with Crippen LogP contribution in [0.15, 0.2) is 36.7 Å². The van der Waals surface area contributed by atoms with Crippen molar-refractivity contribution in [1.82, 2.24) is 10.3 Å². The number of ether oxygens (including phenoxy) is 2. The van der Waals surface area contributed by atoms with E-state index in [4.69, 9.17) is 9.47 Å². The lowest BCUT2D eigenvalue weighted by atomic mass is 9.90. The smallest absolute Gasteiger partial charge is 0.161 e. The number of hydrogen-bond acceptors (Lipinski definition) is 4. The Morgan fingerprint density at radius 1 is 1.15 bits per heavy atom. The number of hydrogen-bond donors (Lipinski definition) is 1. The Hall–Kier alpha value is -2.07. The minimum atomic E-state index is 0.184. The highest BCUT2D eigenvalue weighted by molar-refractivity contribution is 5.51. The lowest BCUT2D eigenvalue weighted by molar-refractivity contribution is 0.171. The fraction of sp³-hybridized carbons (Fsp3) is 0.312. The molecule has 20 heavy (non-hydrogen) atoms. The third-order valence-electron chi connectivity index (χ3n) is 3.88. The number of pyridine rings is 1. The third kappa shape index (κ3) is 1.93. The number of nitrogens with one attached hydrogen (secondary N) is 1. The number of rotatable bonds is 1. The topological polar surface area (TPSA) is 43.4 Å². The van der Waals surface area contributed by atoms with Gasteiger partial charge in [0.2, 0.25) is 0 Å². The lowest BCUT2D eigenvalue weighted by Crippen LogP contribution is -2.31. The maximum absolute atomic E-state index is 5.71. The summed E-state index contributed by atoms with van der Waals surface area (Å²) in [5, 5.41) is 3.56. The van der Waals surface area contributed by atoms with Crippen LogP contribution in [-0.4, -0.2) is 24.7 Å². The molecule has 102 valence electrons. The Bertz CT molecular complexity index is 628. The molecule has 0 spiro atoms. The van der Waals surface area contributed by atoms with E-state index in [1.807, 2.05) is 12.3 Å². The standard InChI is InChI=1S/C16H16N2O2/c1-2-12(10-17-4-1)16-13-9-15-14(19-6-7-20-15)8-11(13)3-5-18-16/h1-2,4,8-10,16,18H,3,5-7H2. The summed E-state index contributed by atoms with van der Waals surface area (Å²) >= 11 is 0. The normalized spacial score (nSPS) is 20.3. The van der Waals surface area contributed by atoms with Gasteiger partial charge in [0.25, 0.3) is 0 Å². The third-order valence-corrected chi connectivity index (χ3v) is 3.88. The molecule has 1 aromatic heterocycles. The summed E-state index contributed by atoms with van der Waals surface area (Å²) in [5.41, 5.74) is 3.79. The molecule has 0 saturated heterocycles. The number of fused-ring (bicyclic) bond motifs is 2. The van der Waals surface area contributed by atoms with Gasteiger partial charge in [-0.2, -0.15) is 0 Å². The molecule has 4 heteroatoms. The van der Waals surface area contributed by atoms with Gasteiger partial charge >= 0.3 is 0 Å². The first-order chi connectivity index (χ1) is 9.92. The molecule has 1 atom stereocenters. The molecule has 0 radical (unpaired) electrons. The molecular formula is C16H16N2O2. The van der Waals surface area contributed by atoms with Gasteiger partial charge in [0, 0.05) is 18.9 Å². The van der Waals surface area contributed by atoms with E-state index in [-0.39, 0.29) is 6.04 Å². The highest BCUT2D eigenvalue weighted by Gasteiger charge is 2.25. The molecule has 0 aliphatic carbocycles. The van der Waals surface area contributed by atoms with E-state index in [1.54, 1.807) is 6.20 Å². The van der Waals surface area contributed by atoms with Crippen LogP contribution in [0.4, 0.5) is 0 Å². The van der Waals surface area contributed by atoms with Crippen molar-refractivity contribution in [3.63, 3.8) is 0 Å². The quantitative estimate of drug-likeness (QED) is 0.860. The minimum Gasteiger partial charge on any atom is -0.486 e. The van der Waals surface area contributed by atoms with Gasteiger partial charge in [-0.25, -0.2) is 0 Å². The molecule has 3 heterocycles. The molecule has 2 aromatic rings. The SMILES string of the molecule is c1cncc(C2NCCc3cc4c(cc32)OCCO4)c1. The second-order valence-electron chi connectivity index (χ2n) is 5.12. The van der Waals surface area contributed by atoms with E-state index in [1.165, 1.54) is 16.7 Å². The van der Waals surface area contributed by atoms with Crippen molar-refractivity contribution in [2.45, 2.75) is 12.5 Å². The van der Waals surface area contributed by atoms with E-state index in [0.717, 1.165) is 24.5 Å². The molecule has 0 bridgehead atoms. The summed E-state index contributed by atoms with van der Waals surface area (Å²) in [6.07, 6.45) is 4.74. The first-order valence-corrected chi connectivity index (χ1v) is 6.97. The van der Waals surface area contributed by atoms with Gasteiger partial charge in [-0.1, -0.05) is 6.07 Å². The second kappa shape index (κ2) is 4.80. The summed E-state index contributed by atoms with van der Waals surface area (Å²) in [6.45, 7) is 2.22. The van der Waals surface area contributed by atoms with Gasteiger partial charge < -0.3 is 14.8 Å². The fourth-order valence-corrected chi connectivity index (χ4v) is 2.94. The van der Waals surface area contributed by atoms with Crippen LogP contribution in [0.2, 0.25) is 0 Å². The first-order valence-electron chi connectivity index (χ1n) is 6.97. The van der Waals surface area contributed by atoms with Crippen LogP contribution in [0.1, 0.15) is 22.7 Å². The van der Waals surface area contributed by atoms with Crippen LogP contribution in [0.25, 0.3) is 0 Å². The lowest BCUT2D eigenvalue weighted by Gasteiger charge is -2.29. The van der Waals surface area contributed by atoms with Crippen molar-refractivity contribution in [3.8, 4) is 11.5 Å². The van der Waals surface area contributed by atoms with Crippen molar-refractivity contribution >= 4 is 0 Å². The highest BCUT2D eigenvalue weighted by atomic mass is 16.6. The van der Waals surface area contributed by atoms with E-state index in [9.17, 15) is 0 Å². The monoisotopic (exact) mass is 268 g/mol. The van der Waals surface area contributed by atoms with Crippen LogP contribution >= 0.6 is 0 Å². The Balaban J connectivity index is 1.80. The van der Waals surface area contributed by atoms with Crippen molar-refractivity contribution in [2.75, 3.05) is 19.8 Å². The zero-order chi connectivity index (χ0) is 13.4. The van der Waals surface area contributed by atoms with Crippen molar-refractivity contribution < 1.29 is 9.47 Å². The number of aromatic nitrogens is 1. The van der Waals surface area contributed by atoms with Crippen molar-refractivity contribution in [1.29, 1.82) is 0 Å². The number of benzene rings is 1. The molecule has 2 aliphatic rings. The van der Waals surface area contributed by atoms with E-state index < -0.39 is 0 Å². The highest BCUT2D eigenvalue weighted by Crippen LogP contribution is 2.38. The second-order valence-corrected chi connectivity index (χ2v) is 5.12. The molecular weight excluding hydrogens is 252 g/mol. The van der Waals surface area contributed by atoms with Crippen LogP contribution in [0.5, 0.6) is 11.5 Å². The maximum atomic E-state index is 5.71. The Labute approximate surface area is 117 Å². The molecule has 1 unspecified atom stereocenters. The van der Waals surface area contributed by atoms with E-state index in [0.29, 0.717) is 13.2 Å². The Morgan fingerprint density at radius 3 is 2.80 bits per heavy atom. The van der Waals surface area contributed by atoms with Crippen LogP contribution in [-0.2, 0) is 6.42 Å². The Morgan fingerprint density at radius 2 is 2.00 bits per heavy atom. The van der Waals surface area contributed by atoms with Gasteiger partial charge in [-0.15, -0.1) is 0 Å². The first kappa shape index (κ1) is 11.7. The summed E-state index contributed by atoms with van der Waals surface area (Å²) in [4.78, 5) is 4.22. The van der Waals surface area contributed by atoms with Gasteiger partial charge in [0.05, 0.1) is 6.04 Å². The average Bonchev–Trinajstić information content (AvgIpc) is 2.53. The molecule has 4 rings (SSSR count). The predicted octanol–water partition coefficient (Wildman–Crippen LogP) is 2.09. The summed E-state index contributed by atoms with van der Waals surface area (Å²) in [7, 11) is 0.